The second-order valence-electron chi connectivity index (χ2n) is 3.54. The van der Waals surface area contributed by atoms with Crippen molar-refractivity contribution in [1.82, 2.24) is 9.97 Å². The number of nitrogens with zero attached hydrogens (tertiary/aromatic N) is 2. The van der Waals surface area contributed by atoms with Crippen LogP contribution in [0.3, 0.4) is 0 Å². The lowest BCUT2D eigenvalue weighted by Crippen LogP contribution is -2.08. The first-order chi connectivity index (χ1) is 7.06. The molecule has 84 valence electrons. The summed E-state index contributed by atoms with van der Waals surface area (Å²) in [5.74, 6) is 0.666. The van der Waals surface area contributed by atoms with Gasteiger partial charge in [0, 0.05) is 24.1 Å². The Hall–Kier alpha value is -1.00. The van der Waals surface area contributed by atoms with Crippen molar-refractivity contribution in [2.45, 2.75) is 39.9 Å². The molecule has 0 amide bonds. The fourth-order valence-electron chi connectivity index (χ4n) is 1.42. The lowest BCUT2D eigenvalue weighted by molar-refractivity contribution is 0.0697. The van der Waals surface area contributed by atoms with Crippen LogP contribution in [0, 0.1) is 6.92 Å². The van der Waals surface area contributed by atoms with Crippen molar-refractivity contribution < 1.29 is 9.84 Å². The SMILES string of the molecule is CCOC(C)c1ncc([C@@H](C)O)c(C)n1. The molecule has 1 unspecified atom stereocenters. The molecule has 4 heteroatoms. The number of aryl methyl sites for hydroxylation is 1. The molecule has 0 bridgehead atoms. The minimum atomic E-state index is -0.526. The van der Waals surface area contributed by atoms with E-state index in [0.29, 0.717) is 12.4 Å². The Morgan fingerprint density at radius 3 is 2.60 bits per heavy atom. The lowest BCUT2D eigenvalue weighted by Gasteiger charge is -2.13. The van der Waals surface area contributed by atoms with Crippen LogP contribution in [0.25, 0.3) is 0 Å². The first-order valence-electron chi connectivity index (χ1n) is 5.19. The van der Waals surface area contributed by atoms with E-state index in [2.05, 4.69) is 9.97 Å². The van der Waals surface area contributed by atoms with Crippen LogP contribution in [0.2, 0.25) is 0 Å². The van der Waals surface area contributed by atoms with E-state index in [4.69, 9.17) is 4.74 Å². The molecule has 0 aliphatic heterocycles. The summed E-state index contributed by atoms with van der Waals surface area (Å²) in [5.41, 5.74) is 1.57. The molecule has 0 saturated heterocycles. The van der Waals surface area contributed by atoms with Gasteiger partial charge in [0.1, 0.15) is 6.10 Å². The standard InChI is InChI=1S/C11H18N2O2/c1-5-15-9(4)11-12-6-10(8(3)14)7(2)13-11/h6,8-9,14H,5H2,1-4H3/t8-,9?/m1/s1. The van der Waals surface area contributed by atoms with Crippen LogP contribution >= 0.6 is 0 Å². The topological polar surface area (TPSA) is 55.2 Å². The zero-order chi connectivity index (χ0) is 11.4. The molecule has 0 saturated carbocycles. The third-order valence-electron chi connectivity index (χ3n) is 2.27. The maximum absolute atomic E-state index is 9.43. The van der Waals surface area contributed by atoms with Gasteiger partial charge in [-0.15, -0.1) is 0 Å². The van der Waals surface area contributed by atoms with Crippen LogP contribution < -0.4 is 0 Å². The summed E-state index contributed by atoms with van der Waals surface area (Å²) in [4.78, 5) is 8.50. The van der Waals surface area contributed by atoms with Gasteiger partial charge in [-0.05, 0) is 27.7 Å². The van der Waals surface area contributed by atoms with Gasteiger partial charge in [-0.3, -0.25) is 0 Å². The molecule has 1 aromatic rings. The predicted octanol–water partition coefficient (Wildman–Crippen LogP) is 1.94. The van der Waals surface area contributed by atoms with Gasteiger partial charge in [-0.1, -0.05) is 0 Å². The van der Waals surface area contributed by atoms with Crippen molar-refractivity contribution in [3.8, 4) is 0 Å². The average Bonchev–Trinajstić information content (AvgIpc) is 2.17. The van der Waals surface area contributed by atoms with Crippen molar-refractivity contribution in [2.24, 2.45) is 0 Å². The fourth-order valence-corrected chi connectivity index (χ4v) is 1.42. The van der Waals surface area contributed by atoms with Crippen molar-refractivity contribution in [1.29, 1.82) is 0 Å². The summed E-state index contributed by atoms with van der Waals surface area (Å²) in [6.07, 6.45) is 1.04. The van der Waals surface area contributed by atoms with E-state index in [1.165, 1.54) is 0 Å². The van der Waals surface area contributed by atoms with Crippen molar-refractivity contribution >= 4 is 0 Å². The molecular formula is C11H18N2O2. The Labute approximate surface area is 90.3 Å². The molecule has 0 aliphatic carbocycles. The number of aliphatic hydroxyl groups is 1. The number of aliphatic hydroxyl groups excluding tert-OH is 1. The lowest BCUT2D eigenvalue weighted by atomic mass is 10.1. The number of ether oxygens (including phenoxy) is 1. The van der Waals surface area contributed by atoms with Crippen LogP contribution in [0.1, 0.15) is 50.1 Å². The van der Waals surface area contributed by atoms with Crippen molar-refractivity contribution in [3.63, 3.8) is 0 Å². The fraction of sp³-hybridized carbons (Fsp3) is 0.636. The largest absolute Gasteiger partial charge is 0.389 e. The molecule has 1 rings (SSSR count). The molecule has 1 aromatic heterocycles. The molecule has 4 nitrogen and oxygen atoms in total. The molecule has 1 heterocycles. The Morgan fingerprint density at radius 1 is 1.47 bits per heavy atom. The maximum atomic E-state index is 9.43. The third kappa shape index (κ3) is 2.97. The second-order valence-corrected chi connectivity index (χ2v) is 3.54. The summed E-state index contributed by atoms with van der Waals surface area (Å²) in [6, 6.07) is 0. The van der Waals surface area contributed by atoms with Crippen LogP contribution in [0.15, 0.2) is 6.20 Å². The first kappa shape index (κ1) is 12.1. The van der Waals surface area contributed by atoms with Gasteiger partial charge in [0.05, 0.1) is 6.10 Å². The van der Waals surface area contributed by atoms with Gasteiger partial charge in [0.2, 0.25) is 0 Å². The Kier molecular flexibility index (Phi) is 4.17. The average molecular weight is 210 g/mol. The summed E-state index contributed by atoms with van der Waals surface area (Å²) in [6.45, 7) is 8.07. The predicted molar refractivity (Wildman–Crippen MR) is 57.4 cm³/mol. The number of hydrogen-bond acceptors (Lipinski definition) is 4. The van der Waals surface area contributed by atoms with Gasteiger partial charge in [-0.25, -0.2) is 9.97 Å². The minimum Gasteiger partial charge on any atom is -0.389 e. The van der Waals surface area contributed by atoms with Gasteiger partial charge in [-0.2, -0.15) is 0 Å². The van der Waals surface area contributed by atoms with Gasteiger partial charge >= 0.3 is 0 Å². The van der Waals surface area contributed by atoms with Crippen molar-refractivity contribution in [3.05, 3.63) is 23.3 Å². The van der Waals surface area contributed by atoms with E-state index in [1.807, 2.05) is 20.8 Å². The van der Waals surface area contributed by atoms with E-state index in [-0.39, 0.29) is 6.10 Å². The van der Waals surface area contributed by atoms with E-state index in [9.17, 15) is 5.11 Å². The molecule has 2 atom stereocenters. The van der Waals surface area contributed by atoms with Gasteiger partial charge in [0.25, 0.3) is 0 Å². The number of rotatable bonds is 4. The van der Waals surface area contributed by atoms with Crippen LogP contribution in [-0.4, -0.2) is 21.7 Å². The van der Waals surface area contributed by atoms with E-state index >= 15 is 0 Å². The van der Waals surface area contributed by atoms with Crippen molar-refractivity contribution in [2.75, 3.05) is 6.61 Å². The normalized spacial score (nSPS) is 15.0. The van der Waals surface area contributed by atoms with E-state index in [0.717, 1.165) is 11.3 Å². The Balaban J connectivity index is 2.91. The molecule has 0 aliphatic rings. The van der Waals surface area contributed by atoms with Crippen LogP contribution in [-0.2, 0) is 4.74 Å². The molecule has 0 aromatic carbocycles. The highest BCUT2D eigenvalue weighted by Gasteiger charge is 2.12. The maximum Gasteiger partial charge on any atom is 0.157 e. The minimum absolute atomic E-state index is 0.100. The van der Waals surface area contributed by atoms with Crippen LogP contribution in [0.4, 0.5) is 0 Å². The van der Waals surface area contributed by atoms with E-state index in [1.54, 1.807) is 13.1 Å². The number of hydrogen-bond donors (Lipinski definition) is 1. The summed E-state index contributed by atoms with van der Waals surface area (Å²) in [5, 5.41) is 9.43. The quantitative estimate of drug-likeness (QED) is 0.825. The summed E-state index contributed by atoms with van der Waals surface area (Å²) < 4.78 is 5.40. The van der Waals surface area contributed by atoms with E-state index < -0.39 is 6.10 Å². The number of aromatic nitrogens is 2. The molecule has 15 heavy (non-hydrogen) atoms. The highest BCUT2D eigenvalue weighted by atomic mass is 16.5. The summed E-state index contributed by atoms with van der Waals surface area (Å²) >= 11 is 0. The molecule has 0 radical (unpaired) electrons. The molecule has 0 fully saturated rings. The van der Waals surface area contributed by atoms with Gasteiger partial charge in [0.15, 0.2) is 5.82 Å². The molecular weight excluding hydrogens is 192 g/mol. The Bertz CT molecular complexity index is 326. The highest BCUT2D eigenvalue weighted by Crippen LogP contribution is 2.17. The summed E-state index contributed by atoms with van der Waals surface area (Å²) in [7, 11) is 0. The van der Waals surface area contributed by atoms with Gasteiger partial charge < -0.3 is 9.84 Å². The monoisotopic (exact) mass is 210 g/mol. The first-order valence-corrected chi connectivity index (χ1v) is 5.19. The highest BCUT2D eigenvalue weighted by molar-refractivity contribution is 5.18. The smallest absolute Gasteiger partial charge is 0.157 e. The molecule has 1 N–H and O–H groups in total. The zero-order valence-electron chi connectivity index (χ0n) is 9.69. The second kappa shape index (κ2) is 5.19. The molecule has 0 spiro atoms. The van der Waals surface area contributed by atoms with Crippen LogP contribution in [0.5, 0.6) is 0 Å². The third-order valence-corrected chi connectivity index (χ3v) is 2.27. The Morgan fingerprint density at radius 2 is 2.13 bits per heavy atom. The zero-order valence-corrected chi connectivity index (χ0v) is 9.69.